The number of benzene rings is 1. The summed E-state index contributed by atoms with van der Waals surface area (Å²) in [6, 6.07) is 10.5. The Morgan fingerprint density at radius 2 is 2.11 bits per heavy atom. The Morgan fingerprint density at radius 3 is 2.82 bits per heavy atom. The zero-order chi connectivity index (χ0) is 20.1. The highest BCUT2D eigenvalue weighted by molar-refractivity contribution is 5.95. The molecule has 0 aliphatic rings. The van der Waals surface area contributed by atoms with E-state index in [4.69, 9.17) is 15.2 Å². The monoisotopic (exact) mass is 382 g/mol. The Bertz CT molecular complexity index is 921. The lowest BCUT2D eigenvalue weighted by Crippen LogP contribution is -2.40. The minimum atomic E-state index is -0.561. The van der Waals surface area contributed by atoms with Gasteiger partial charge >= 0.3 is 0 Å². The van der Waals surface area contributed by atoms with E-state index in [1.54, 1.807) is 25.3 Å². The molecule has 7 nitrogen and oxygen atoms in total. The normalized spacial score (nSPS) is 13.1. The van der Waals surface area contributed by atoms with Gasteiger partial charge in [0.2, 0.25) is 5.91 Å². The molecule has 0 saturated heterocycles. The summed E-state index contributed by atoms with van der Waals surface area (Å²) >= 11 is 0. The quantitative estimate of drug-likeness (QED) is 0.624. The van der Waals surface area contributed by atoms with E-state index in [0.29, 0.717) is 17.2 Å². The molecule has 2 unspecified atom stereocenters. The van der Waals surface area contributed by atoms with Gasteiger partial charge in [-0.3, -0.25) is 4.79 Å². The number of methoxy groups -OCH3 is 1. The minimum absolute atomic E-state index is 0.101. The van der Waals surface area contributed by atoms with Crippen LogP contribution in [0.5, 0.6) is 11.5 Å². The van der Waals surface area contributed by atoms with Gasteiger partial charge < -0.3 is 24.9 Å². The molecule has 148 valence electrons. The zero-order valence-electron chi connectivity index (χ0n) is 16.4. The van der Waals surface area contributed by atoms with Crippen LogP contribution < -0.4 is 20.5 Å². The number of nitrogens with two attached hydrogens (primary N) is 1. The van der Waals surface area contributed by atoms with Gasteiger partial charge in [-0.1, -0.05) is 26.3 Å². The van der Waals surface area contributed by atoms with E-state index in [1.807, 2.05) is 48.8 Å². The van der Waals surface area contributed by atoms with Crippen molar-refractivity contribution in [2.24, 2.45) is 11.7 Å². The Labute approximate surface area is 164 Å². The molecular weight excluding hydrogens is 356 g/mol. The SMILES string of the molecule is CCC(C)C(N)C(=O)Nc1ccc(OC)c(OCc2cn3ccccc3n2)c1. The fourth-order valence-corrected chi connectivity index (χ4v) is 2.81. The first kappa shape index (κ1) is 19.7. The van der Waals surface area contributed by atoms with Gasteiger partial charge in [0.25, 0.3) is 0 Å². The van der Waals surface area contributed by atoms with Crippen LogP contribution in [0.4, 0.5) is 5.69 Å². The van der Waals surface area contributed by atoms with Gasteiger partial charge in [-0.15, -0.1) is 0 Å². The minimum Gasteiger partial charge on any atom is -0.493 e. The molecule has 0 aliphatic heterocycles. The first-order chi connectivity index (χ1) is 13.5. The molecule has 0 fully saturated rings. The van der Waals surface area contributed by atoms with Crippen LogP contribution in [0.3, 0.4) is 0 Å². The van der Waals surface area contributed by atoms with Crippen LogP contribution in [0, 0.1) is 5.92 Å². The van der Waals surface area contributed by atoms with Crippen LogP contribution in [0.15, 0.2) is 48.8 Å². The molecule has 2 aromatic heterocycles. The molecule has 3 N–H and O–H groups in total. The molecule has 7 heteroatoms. The smallest absolute Gasteiger partial charge is 0.241 e. The summed E-state index contributed by atoms with van der Waals surface area (Å²) in [5, 5.41) is 2.85. The fraction of sp³-hybridized carbons (Fsp3) is 0.333. The number of fused-ring (bicyclic) bond motifs is 1. The maximum Gasteiger partial charge on any atom is 0.241 e. The average molecular weight is 382 g/mol. The third-order valence-electron chi connectivity index (χ3n) is 4.78. The largest absolute Gasteiger partial charge is 0.493 e. The summed E-state index contributed by atoms with van der Waals surface area (Å²) in [4.78, 5) is 16.9. The lowest BCUT2D eigenvalue weighted by Gasteiger charge is -2.18. The number of amides is 1. The molecule has 1 amide bonds. The standard InChI is InChI=1S/C21H26N4O3/c1-4-14(2)20(22)21(26)24-15-8-9-17(27-3)18(11-15)28-13-16-12-25-10-6-5-7-19(25)23-16/h5-12,14,20H,4,13,22H2,1-3H3,(H,24,26). The molecule has 0 aliphatic carbocycles. The lowest BCUT2D eigenvalue weighted by atomic mass is 9.99. The number of anilines is 1. The van der Waals surface area contributed by atoms with Crippen molar-refractivity contribution >= 4 is 17.2 Å². The molecule has 3 rings (SSSR count). The number of aromatic nitrogens is 2. The molecule has 28 heavy (non-hydrogen) atoms. The number of nitrogens with zero attached hydrogens (tertiary/aromatic N) is 2. The summed E-state index contributed by atoms with van der Waals surface area (Å²) < 4.78 is 13.2. The van der Waals surface area contributed by atoms with Gasteiger partial charge in [0.05, 0.1) is 18.8 Å². The van der Waals surface area contributed by atoms with E-state index in [-0.39, 0.29) is 18.4 Å². The summed E-state index contributed by atoms with van der Waals surface area (Å²) in [5.74, 6) is 0.984. The van der Waals surface area contributed by atoms with Crippen molar-refractivity contribution < 1.29 is 14.3 Å². The van der Waals surface area contributed by atoms with Crippen molar-refractivity contribution in [1.82, 2.24) is 9.38 Å². The number of hydrogen-bond acceptors (Lipinski definition) is 5. The van der Waals surface area contributed by atoms with Crippen molar-refractivity contribution in [2.45, 2.75) is 32.9 Å². The van der Waals surface area contributed by atoms with Crippen molar-refractivity contribution in [3.8, 4) is 11.5 Å². The van der Waals surface area contributed by atoms with Crippen LogP contribution in [0.25, 0.3) is 5.65 Å². The van der Waals surface area contributed by atoms with Gasteiger partial charge in [-0.25, -0.2) is 4.98 Å². The van der Waals surface area contributed by atoms with Crippen molar-refractivity contribution in [3.63, 3.8) is 0 Å². The maximum atomic E-state index is 12.3. The number of pyridine rings is 1. The lowest BCUT2D eigenvalue weighted by molar-refractivity contribution is -0.118. The van der Waals surface area contributed by atoms with Crippen LogP contribution >= 0.6 is 0 Å². The van der Waals surface area contributed by atoms with E-state index >= 15 is 0 Å². The summed E-state index contributed by atoms with van der Waals surface area (Å²) in [6.07, 6.45) is 4.69. The predicted octanol–water partition coefficient (Wildman–Crippen LogP) is 3.23. The highest BCUT2D eigenvalue weighted by atomic mass is 16.5. The maximum absolute atomic E-state index is 12.3. The predicted molar refractivity (Wildman–Crippen MR) is 109 cm³/mol. The Hall–Kier alpha value is -3.06. The van der Waals surface area contributed by atoms with E-state index in [9.17, 15) is 4.79 Å². The number of rotatable bonds is 8. The molecule has 1 aromatic carbocycles. The van der Waals surface area contributed by atoms with Crippen LogP contribution in [-0.4, -0.2) is 28.4 Å². The molecule has 0 bridgehead atoms. The number of ether oxygens (including phenoxy) is 2. The van der Waals surface area contributed by atoms with Crippen molar-refractivity contribution in [1.29, 1.82) is 0 Å². The highest BCUT2D eigenvalue weighted by Crippen LogP contribution is 2.31. The van der Waals surface area contributed by atoms with Crippen molar-refractivity contribution in [2.75, 3.05) is 12.4 Å². The number of nitrogens with one attached hydrogen (secondary N) is 1. The summed E-state index contributed by atoms with van der Waals surface area (Å²) in [6.45, 7) is 4.25. The average Bonchev–Trinajstić information content (AvgIpc) is 3.14. The van der Waals surface area contributed by atoms with E-state index in [0.717, 1.165) is 17.8 Å². The number of hydrogen-bond donors (Lipinski definition) is 2. The van der Waals surface area contributed by atoms with Gasteiger partial charge in [0.1, 0.15) is 12.3 Å². The van der Waals surface area contributed by atoms with E-state index < -0.39 is 6.04 Å². The molecule has 0 saturated carbocycles. The Balaban J connectivity index is 1.72. The third kappa shape index (κ3) is 4.43. The molecule has 0 radical (unpaired) electrons. The van der Waals surface area contributed by atoms with E-state index in [2.05, 4.69) is 10.3 Å². The molecule has 0 spiro atoms. The van der Waals surface area contributed by atoms with Gasteiger partial charge in [0.15, 0.2) is 11.5 Å². The summed E-state index contributed by atoms with van der Waals surface area (Å²) in [5.41, 5.74) is 8.26. The highest BCUT2D eigenvalue weighted by Gasteiger charge is 2.20. The summed E-state index contributed by atoms with van der Waals surface area (Å²) in [7, 11) is 1.57. The Morgan fingerprint density at radius 1 is 1.29 bits per heavy atom. The van der Waals surface area contributed by atoms with E-state index in [1.165, 1.54) is 0 Å². The number of carbonyl (C=O) groups is 1. The van der Waals surface area contributed by atoms with Gasteiger partial charge in [0, 0.05) is 24.1 Å². The number of carbonyl (C=O) groups excluding carboxylic acids is 1. The van der Waals surface area contributed by atoms with Crippen molar-refractivity contribution in [3.05, 3.63) is 54.5 Å². The molecule has 3 aromatic rings. The topological polar surface area (TPSA) is 90.9 Å². The second-order valence-corrected chi connectivity index (χ2v) is 6.75. The Kier molecular flexibility index (Phi) is 6.16. The number of imidazole rings is 1. The zero-order valence-corrected chi connectivity index (χ0v) is 16.4. The first-order valence-electron chi connectivity index (χ1n) is 9.31. The van der Waals surface area contributed by atoms with Crippen LogP contribution in [-0.2, 0) is 11.4 Å². The van der Waals surface area contributed by atoms with Crippen LogP contribution in [0.1, 0.15) is 26.0 Å². The fourth-order valence-electron chi connectivity index (χ4n) is 2.81. The second kappa shape index (κ2) is 8.75. The molecule has 2 atom stereocenters. The first-order valence-corrected chi connectivity index (χ1v) is 9.31. The van der Waals surface area contributed by atoms with Gasteiger partial charge in [-0.05, 0) is 30.2 Å². The molecular formula is C21H26N4O3. The van der Waals surface area contributed by atoms with Crippen LogP contribution in [0.2, 0.25) is 0 Å². The molecule has 2 heterocycles. The van der Waals surface area contributed by atoms with Gasteiger partial charge in [-0.2, -0.15) is 0 Å². The third-order valence-corrected chi connectivity index (χ3v) is 4.78. The second-order valence-electron chi connectivity index (χ2n) is 6.75.